The predicted molar refractivity (Wildman–Crippen MR) is 70.9 cm³/mol. The van der Waals surface area contributed by atoms with Gasteiger partial charge in [-0.1, -0.05) is 12.1 Å². The minimum absolute atomic E-state index is 0.0448. The van der Waals surface area contributed by atoms with Gasteiger partial charge in [-0.15, -0.1) is 11.8 Å². The number of nitrogens with zero attached hydrogens (tertiary/aromatic N) is 1. The van der Waals surface area contributed by atoms with Gasteiger partial charge in [0.25, 0.3) is 0 Å². The van der Waals surface area contributed by atoms with Crippen LogP contribution in [0, 0.1) is 0 Å². The average Bonchev–Trinajstić information content (AvgIpc) is 2.63. The number of rotatable bonds is 3. The second-order valence-corrected chi connectivity index (χ2v) is 5.15. The van der Waals surface area contributed by atoms with Gasteiger partial charge in [-0.3, -0.25) is 4.79 Å². The molecule has 4 heteroatoms. The van der Waals surface area contributed by atoms with Crippen LogP contribution in [0.15, 0.2) is 29.2 Å². The van der Waals surface area contributed by atoms with Crippen molar-refractivity contribution in [2.24, 2.45) is 5.73 Å². The lowest BCUT2D eigenvalue weighted by atomic mass is 10.0. The van der Waals surface area contributed by atoms with E-state index < -0.39 is 0 Å². The summed E-state index contributed by atoms with van der Waals surface area (Å²) in [6.07, 6.45) is 2.51. The Bertz CT molecular complexity index is 404. The van der Waals surface area contributed by atoms with E-state index in [1.54, 1.807) is 11.8 Å². The first kappa shape index (κ1) is 12.5. The maximum atomic E-state index is 11.8. The SMILES string of the molecule is CCN1C(=O)CC(N)C1c1ccc(SC)cc1. The summed E-state index contributed by atoms with van der Waals surface area (Å²) in [5.74, 6) is 0.166. The molecule has 3 nitrogen and oxygen atoms in total. The van der Waals surface area contributed by atoms with Crippen LogP contribution in [0.25, 0.3) is 0 Å². The van der Waals surface area contributed by atoms with E-state index in [0.29, 0.717) is 6.42 Å². The number of likely N-dealkylation sites (N-methyl/N-ethyl adjacent to an activating group) is 1. The highest BCUT2D eigenvalue weighted by Gasteiger charge is 2.37. The standard InChI is InChI=1S/C13H18N2OS/c1-3-15-12(16)8-11(14)13(15)9-4-6-10(17-2)7-5-9/h4-7,11,13H,3,8,14H2,1-2H3. The van der Waals surface area contributed by atoms with Gasteiger partial charge in [-0.2, -0.15) is 0 Å². The summed E-state index contributed by atoms with van der Waals surface area (Å²) in [7, 11) is 0. The van der Waals surface area contributed by atoms with Crippen molar-refractivity contribution < 1.29 is 4.79 Å². The van der Waals surface area contributed by atoms with Crippen molar-refractivity contribution in [1.29, 1.82) is 0 Å². The number of benzene rings is 1. The summed E-state index contributed by atoms with van der Waals surface area (Å²) in [4.78, 5) is 14.9. The van der Waals surface area contributed by atoms with Crippen LogP contribution in [0.1, 0.15) is 24.9 Å². The Morgan fingerprint density at radius 1 is 1.41 bits per heavy atom. The van der Waals surface area contributed by atoms with Gasteiger partial charge >= 0.3 is 0 Å². The number of hydrogen-bond donors (Lipinski definition) is 1. The van der Waals surface area contributed by atoms with Crippen molar-refractivity contribution in [3.8, 4) is 0 Å². The zero-order valence-electron chi connectivity index (χ0n) is 10.2. The molecule has 2 unspecified atom stereocenters. The first-order chi connectivity index (χ1) is 8.17. The molecule has 1 aromatic rings. The van der Waals surface area contributed by atoms with Crippen LogP contribution < -0.4 is 5.73 Å². The van der Waals surface area contributed by atoms with Crippen LogP contribution in [-0.2, 0) is 4.79 Å². The molecule has 17 heavy (non-hydrogen) atoms. The van der Waals surface area contributed by atoms with Crippen molar-refractivity contribution in [3.63, 3.8) is 0 Å². The fraction of sp³-hybridized carbons (Fsp3) is 0.462. The van der Waals surface area contributed by atoms with Gasteiger partial charge in [0.1, 0.15) is 0 Å². The van der Waals surface area contributed by atoms with Crippen molar-refractivity contribution in [2.45, 2.75) is 30.3 Å². The molecule has 1 aliphatic rings. The molecule has 1 fully saturated rings. The van der Waals surface area contributed by atoms with E-state index in [9.17, 15) is 4.79 Å². The molecule has 1 saturated heterocycles. The number of amides is 1. The van der Waals surface area contributed by atoms with E-state index in [-0.39, 0.29) is 18.0 Å². The number of carbonyl (C=O) groups is 1. The van der Waals surface area contributed by atoms with Gasteiger partial charge in [0.05, 0.1) is 6.04 Å². The molecule has 1 aromatic carbocycles. The Morgan fingerprint density at radius 3 is 2.59 bits per heavy atom. The quantitative estimate of drug-likeness (QED) is 0.835. The van der Waals surface area contributed by atoms with Crippen LogP contribution in [0.3, 0.4) is 0 Å². The lowest BCUT2D eigenvalue weighted by molar-refractivity contribution is -0.128. The summed E-state index contributed by atoms with van der Waals surface area (Å²) < 4.78 is 0. The third-order valence-corrected chi connectivity index (χ3v) is 4.01. The fourth-order valence-electron chi connectivity index (χ4n) is 2.42. The van der Waals surface area contributed by atoms with E-state index in [0.717, 1.165) is 12.1 Å². The second-order valence-electron chi connectivity index (χ2n) is 4.27. The number of hydrogen-bond acceptors (Lipinski definition) is 3. The van der Waals surface area contributed by atoms with Gasteiger partial charge in [-0.05, 0) is 30.9 Å². The molecule has 92 valence electrons. The molecular formula is C13H18N2OS. The predicted octanol–water partition coefficient (Wildman–Crippen LogP) is 2.03. The van der Waals surface area contributed by atoms with Crippen molar-refractivity contribution >= 4 is 17.7 Å². The van der Waals surface area contributed by atoms with Crippen molar-refractivity contribution in [2.75, 3.05) is 12.8 Å². The van der Waals surface area contributed by atoms with Crippen LogP contribution in [0.5, 0.6) is 0 Å². The zero-order valence-corrected chi connectivity index (χ0v) is 11.0. The third-order valence-electron chi connectivity index (χ3n) is 3.27. The lowest BCUT2D eigenvalue weighted by Gasteiger charge is -2.26. The van der Waals surface area contributed by atoms with E-state index in [1.807, 2.05) is 11.8 Å². The molecule has 2 N–H and O–H groups in total. The summed E-state index contributed by atoms with van der Waals surface area (Å²) in [6.45, 7) is 2.72. The second kappa shape index (κ2) is 5.10. The molecule has 1 aliphatic heterocycles. The van der Waals surface area contributed by atoms with E-state index in [2.05, 4.69) is 30.5 Å². The van der Waals surface area contributed by atoms with Crippen LogP contribution >= 0.6 is 11.8 Å². The van der Waals surface area contributed by atoms with Gasteiger partial charge in [0, 0.05) is 23.9 Å². The lowest BCUT2D eigenvalue weighted by Crippen LogP contribution is -2.32. The molecule has 0 bridgehead atoms. The number of likely N-dealkylation sites (tertiary alicyclic amines) is 1. The highest BCUT2D eigenvalue weighted by Crippen LogP contribution is 2.32. The molecule has 0 aliphatic carbocycles. The Morgan fingerprint density at radius 2 is 2.06 bits per heavy atom. The molecule has 2 rings (SSSR count). The van der Waals surface area contributed by atoms with Crippen molar-refractivity contribution in [1.82, 2.24) is 4.90 Å². The molecular weight excluding hydrogens is 232 g/mol. The summed E-state index contributed by atoms with van der Waals surface area (Å²) in [5, 5.41) is 0. The van der Waals surface area contributed by atoms with Gasteiger partial charge in [0.15, 0.2) is 0 Å². The highest BCUT2D eigenvalue weighted by atomic mass is 32.2. The summed E-state index contributed by atoms with van der Waals surface area (Å²) >= 11 is 1.72. The molecule has 1 heterocycles. The highest BCUT2D eigenvalue weighted by molar-refractivity contribution is 7.98. The Balaban J connectivity index is 2.27. The molecule has 0 aromatic heterocycles. The Labute approximate surface area is 106 Å². The smallest absolute Gasteiger partial charge is 0.224 e. The van der Waals surface area contributed by atoms with Gasteiger partial charge in [0.2, 0.25) is 5.91 Å². The van der Waals surface area contributed by atoms with E-state index in [1.165, 1.54) is 4.90 Å². The molecule has 0 saturated carbocycles. The molecule has 0 spiro atoms. The van der Waals surface area contributed by atoms with Crippen molar-refractivity contribution in [3.05, 3.63) is 29.8 Å². The minimum atomic E-state index is -0.0809. The Kier molecular flexibility index (Phi) is 3.74. The number of nitrogens with two attached hydrogens (primary N) is 1. The first-order valence-corrected chi connectivity index (χ1v) is 7.08. The van der Waals surface area contributed by atoms with Crippen LogP contribution in [-0.4, -0.2) is 29.6 Å². The summed E-state index contributed by atoms with van der Waals surface area (Å²) in [6, 6.07) is 8.30. The maximum absolute atomic E-state index is 11.8. The zero-order chi connectivity index (χ0) is 12.4. The molecule has 0 radical (unpaired) electrons. The summed E-state index contributed by atoms with van der Waals surface area (Å²) in [5.41, 5.74) is 7.21. The first-order valence-electron chi connectivity index (χ1n) is 5.86. The largest absolute Gasteiger partial charge is 0.334 e. The molecule has 2 atom stereocenters. The van der Waals surface area contributed by atoms with Crippen LogP contribution in [0.2, 0.25) is 0 Å². The number of carbonyl (C=O) groups excluding carboxylic acids is 1. The van der Waals surface area contributed by atoms with Gasteiger partial charge in [-0.25, -0.2) is 0 Å². The van der Waals surface area contributed by atoms with E-state index >= 15 is 0 Å². The maximum Gasteiger partial charge on any atom is 0.224 e. The minimum Gasteiger partial charge on any atom is -0.334 e. The topological polar surface area (TPSA) is 46.3 Å². The number of thioether (sulfide) groups is 1. The third kappa shape index (κ3) is 2.33. The average molecular weight is 250 g/mol. The van der Waals surface area contributed by atoms with E-state index in [4.69, 9.17) is 5.73 Å². The molecule has 1 amide bonds. The fourth-order valence-corrected chi connectivity index (χ4v) is 2.83. The monoisotopic (exact) mass is 250 g/mol. The van der Waals surface area contributed by atoms with Gasteiger partial charge < -0.3 is 10.6 Å². The normalized spacial score (nSPS) is 24.4. The van der Waals surface area contributed by atoms with Crippen LogP contribution in [0.4, 0.5) is 0 Å². The Hall–Kier alpha value is -1.00.